The summed E-state index contributed by atoms with van der Waals surface area (Å²) in [5.74, 6) is 0.755. The first kappa shape index (κ1) is 12.8. The Balaban J connectivity index is 1.63. The van der Waals surface area contributed by atoms with Gasteiger partial charge in [0.15, 0.2) is 6.39 Å². The minimum absolute atomic E-state index is 0.0570. The zero-order valence-electron chi connectivity index (χ0n) is 11.2. The van der Waals surface area contributed by atoms with Crippen LogP contribution in [-0.4, -0.2) is 33.9 Å². The standard InChI is InChI=1S/C15H17N3O2/c19-15(14-9-17-11-20-14)18-6-2-4-13(10-18)7-12-3-1-5-16-8-12/h1,3,5,8-9,11,13H,2,4,6-7,10H2/t13-/m1/s1. The van der Waals surface area contributed by atoms with Crippen LogP contribution in [0.2, 0.25) is 0 Å². The van der Waals surface area contributed by atoms with Gasteiger partial charge in [0, 0.05) is 25.5 Å². The molecule has 2 aromatic rings. The Bertz CT molecular complexity index is 554. The fraction of sp³-hybridized carbons (Fsp3) is 0.400. The number of carbonyl (C=O) groups excluding carboxylic acids is 1. The second kappa shape index (κ2) is 5.86. The van der Waals surface area contributed by atoms with Gasteiger partial charge in [0.25, 0.3) is 5.91 Å². The van der Waals surface area contributed by atoms with Gasteiger partial charge in [-0.05, 0) is 36.8 Å². The molecular formula is C15H17N3O2. The molecule has 0 radical (unpaired) electrons. The predicted molar refractivity (Wildman–Crippen MR) is 73.1 cm³/mol. The Morgan fingerprint density at radius 2 is 2.35 bits per heavy atom. The van der Waals surface area contributed by atoms with Crippen molar-refractivity contribution in [3.8, 4) is 0 Å². The van der Waals surface area contributed by atoms with Crippen molar-refractivity contribution in [2.24, 2.45) is 5.92 Å². The van der Waals surface area contributed by atoms with E-state index in [-0.39, 0.29) is 5.91 Å². The summed E-state index contributed by atoms with van der Waals surface area (Å²) in [6.45, 7) is 1.57. The van der Waals surface area contributed by atoms with Crippen LogP contribution in [0.15, 0.2) is 41.5 Å². The molecule has 1 amide bonds. The van der Waals surface area contributed by atoms with Crippen molar-refractivity contribution in [3.05, 3.63) is 48.4 Å². The van der Waals surface area contributed by atoms with E-state index < -0.39 is 0 Å². The fourth-order valence-electron chi connectivity index (χ4n) is 2.75. The maximum atomic E-state index is 12.2. The van der Waals surface area contributed by atoms with Crippen molar-refractivity contribution in [1.82, 2.24) is 14.9 Å². The minimum atomic E-state index is -0.0570. The van der Waals surface area contributed by atoms with Crippen LogP contribution in [0.3, 0.4) is 0 Å². The molecule has 5 nitrogen and oxygen atoms in total. The molecule has 2 aromatic heterocycles. The lowest BCUT2D eigenvalue weighted by molar-refractivity contribution is 0.0641. The topological polar surface area (TPSA) is 59.2 Å². The largest absolute Gasteiger partial charge is 0.438 e. The molecule has 3 heterocycles. The molecule has 1 aliphatic heterocycles. The number of hydrogen-bond donors (Lipinski definition) is 0. The third-order valence-electron chi connectivity index (χ3n) is 3.70. The Morgan fingerprint density at radius 3 is 3.10 bits per heavy atom. The normalized spacial score (nSPS) is 19.0. The minimum Gasteiger partial charge on any atom is -0.438 e. The van der Waals surface area contributed by atoms with E-state index in [0.717, 1.165) is 32.4 Å². The van der Waals surface area contributed by atoms with Gasteiger partial charge >= 0.3 is 0 Å². The van der Waals surface area contributed by atoms with Gasteiger partial charge < -0.3 is 9.32 Å². The molecule has 104 valence electrons. The summed E-state index contributed by atoms with van der Waals surface area (Å²) in [5.41, 5.74) is 1.23. The van der Waals surface area contributed by atoms with Crippen molar-refractivity contribution in [3.63, 3.8) is 0 Å². The van der Waals surface area contributed by atoms with Gasteiger partial charge in [-0.15, -0.1) is 0 Å². The second-order valence-corrected chi connectivity index (χ2v) is 5.19. The van der Waals surface area contributed by atoms with Crippen molar-refractivity contribution in [2.45, 2.75) is 19.3 Å². The van der Waals surface area contributed by atoms with Crippen molar-refractivity contribution < 1.29 is 9.21 Å². The van der Waals surface area contributed by atoms with Crippen LogP contribution in [-0.2, 0) is 6.42 Å². The summed E-state index contributed by atoms with van der Waals surface area (Å²) in [7, 11) is 0. The SMILES string of the molecule is O=C(c1cnco1)N1CCC[C@H](Cc2cccnc2)C1. The highest BCUT2D eigenvalue weighted by Gasteiger charge is 2.26. The average Bonchev–Trinajstić information content (AvgIpc) is 3.02. The van der Waals surface area contributed by atoms with E-state index in [0.29, 0.717) is 11.7 Å². The molecular weight excluding hydrogens is 254 g/mol. The van der Waals surface area contributed by atoms with Crippen LogP contribution in [0.25, 0.3) is 0 Å². The average molecular weight is 271 g/mol. The lowest BCUT2D eigenvalue weighted by atomic mass is 9.92. The van der Waals surface area contributed by atoms with Gasteiger partial charge in [-0.25, -0.2) is 4.98 Å². The highest BCUT2D eigenvalue weighted by Crippen LogP contribution is 2.21. The summed E-state index contributed by atoms with van der Waals surface area (Å²) in [6, 6.07) is 4.04. The summed E-state index contributed by atoms with van der Waals surface area (Å²) in [4.78, 5) is 22.0. The molecule has 1 saturated heterocycles. The summed E-state index contributed by atoms with van der Waals surface area (Å²) in [6.07, 6.45) is 9.60. The quantitative estimate of drug-likeness (QED) is 0.858. The fourth-order valence-corrected chi connectivity index (χ4v) is 2.75. The molecule has 0 unspecified atom stereocenters. The highest BCUT2D eigenvalue weighted by molar-refractivity contribution is 5.91. The van der Waals surface area contributed by atoms with Crippen LogP contribution in [0.4, 0.5) is 0 Å². The number of amides is 1. The van der Waals surface area contributed by atoms with Crippen LogP contribution < -0.4 is 0 Å². The first-order valence-electron chi connectivity index (χ1n) is 6.89. The van der Waals surface area contributed by atoms with Gasteiger partial charge in [-0.1, -0.05) is 6.07 Å². The van der Waals surface area contributed by atoms with E-state index in [1.807, 2.05) is 17.2 Å². The number of pyridine rings is 1. The van der Waals surface area contributed by atoms with Crippen LogP contribution in [0, 0.1) is 5.92 Å². The molecule has 0 aliphatic carbocycles. The van der Waals surface area contributed by atoms with E-state index in [1.165, 1.54) is 18.2 Å². The second-order valence-electron chi connectivity index (χ2n) is 5.19. The van der Waals surface area contributed by atoms with E-state index in [2.05, 4.69) is 16.0 Å². The van der Waals surface area contributed by atoms with Gasteiger partial charge in [0.05, 0.1) is 6.20 Å². The number of hydrogen-bond acceptors (Lipinski definition) is 4. The third kappa shape index (κ3) is 2.87. The number of likely N-dealkylation sites (tertiary alicyclic amines) is 1. The van der Waals surface area contributed by atoms with Crippen LogP contribution >= 0.6 is 0 Å². The van der Waals surface area contributed by atoms with Crippen molar-refractivity contribution in [1.29, 1.82) is 0 Å². The number of piperidine rings is 1. The smallest absolute Gasteiger partial charge is 0.291 e. The van der Waals surface area contributed by atoms with E-state index in [1.54, 1.807) is 6.20 Å². The molecule has 0 aromatic carbocycles. The first-order valence-corrected chi connectivity index (χ1v) is 6.89. The molecule has 20 heavy (non-hydrogen) atoms. The van der Waals surface area contributed by atoms with Crippen molar-refractivity contribution >= 4 is 5.91 Å². The third-order valence-corrected chi connectivity index (χ3v) is 3.70. The van der Waals surface area contributed by atoms with E-state index in [4.69, 9.17) is 4.42 Å². The van der Waals surface area contributed by atoms with Gasteiger partial charge in [0.1, 0.15) is 0 Å². The number of aromatic nitrogens is 2. The molecule has 0 saturated carbocycles. The lowest BCUT2D eigenvalue weighted by Crippen LogP contribution is -2.40. The number of nitrogens with zero attached hydrogens (tertiary/aromatic N) is 3. The summed E-state index contributed by atoms with van der Waals surface area (Å²) in [5, 5.41) is 0. The van der Waals surface area contributed by atoms with Gasteiger partial charge in [-0.3, -0.25) is 9.78 Å². The van der Waals surface area contributed by atoms with Crippen LogP contribution in [0.5, 0.6) is 0 Å². The number of rotatable bonds is 3. The molecule has 5 heteroatoms. The highest BCUT2D eigenvalue weighted by atomic mass is 16.3. The van der Waals surface area contributed by atoms with Gasteiger partial charge in [0.2, 0.25) is 5.76 Å². The zero-order valence-corrected chi connectivity index (χ0v) is 11.2. The van der Waals surface area contributed by atoms with Crippen molar-refractivity contribution in [2.75, 3.05) is 13.1 Å². The number of carbonyl (C=O) groups is 1. The Kier molecular flexibility index (Phi) is 3.76. The molecule has 0 N–H and O–H groups in total. The maximum absolute atomic E-state index is 12.2. The van der Waals surface area contributed by atoms with E-state index >= 15 is 0 Å². The molecule has 1 aliphatic rings. The first-order chi connectivity index (χ1) is 9.83. The summed E-state index contributed by atoms with van der Waals surface area (Å²) < 4.78 is 5.09. The Morgan fingerprint density at radius 1 is 1.40 bits per heavy atom. The van der Waals surface area contributed by atoms with Gasteiger partial charge in [-0.2, -0.15) is 0 Å². The molecule has 0 spiro atoms. The lowest BCUT2D eigenvalue weighted by Gasteiger charge is -2.32. The Labute approximate surface area is 117 Å². The molecule has 0 bridgehead atoms. The monoisotopic (exact) mass is 271 g/mol. The zero-order chi connectivity index (χ0) is 13.8. The molecule has 1 fully saturated rings. The predicted octanol–water partition coefficient (Wildman–Crippen LogP) is 2.16. The maximum Gasteiger partial charge on any atom is 0.291 e. The van der Waals surface area contributed by atoms with Crippen LogP contribution in [0.1, 0.15) is 29.0 Å². The summed E-state index contributed by atoms with van der Waals surface area (Å²) >= 11 is 0. The molecule has 3 rings (SSSR count). The van der Waals surface area contributed by atoms with E-state index in [9.17, 15) is 4.79 Å². The number of oxazole rings is 1. The molecule has 1 atom stereocenters. The Hall–Kier alpha value is -2.17.